The molecule has 0 aliphatic rings. The zero-order valence-electron chi connectivity index (χ0n) is 8.78. The summed E-state index contributed by atoms with van der Waals surface area (Å²) in [4.78, 5) is 0. The molecule has 0 spiro atoms. The van der Waals surface area contributed by atoms with Gasteiger partial charge in [-0.25, -0.2) is 0 Å². The van der Waals surface area contributed by atoms with Crippen LogP contribution in [0.25, 0.3) is 0 Å². The lowest BCUT2D eigenvalue weighted by atomic mass is 10.1. The Morgan fingerprint density at radius 2 is 2.42 bits per heavy atom. The monoisotopic (exact) mass is 168 g/mol. The zero-order chi connectivity index (χ0) is 10.8. The predicted octanol–water partition coefficient (Wildman–Crippen LogP) is 0.645. The number of nitrogens with one attached hydrogen (secondary N) is 1. The zero-order valence-corrected chi connectivity index (χ0v) is 6.78. The van der Waals surface area contributed by atoms with Crippen LogP contribution in [0.3, 0.4) is 0 Å². The van der Waals surface area contributed by atoms with Crippen molar-refractivity contribution < 1.29 is 13.0 Å². The number of hydrogen-bond donors (Lipinski definition) is 3. The first-order valence-corrected chi connectivity index (χ1v) is 3.63. The molecule has 3 heteroatoms. The number of likely N-dealkylation sites (N-methyl/N-ethyl adjacent to an activating group) is 1. The van der Waals surface area contributed by atoms with E-state index in [2.05, 4.69) is 5.32 Å². The van der Waals surface area contributed by atoms with Crippen molar-refractivity contribution in [1.82, 2.24) is 5.32 Å². The predicted molar refractivity (Wildman–Crippen MR) is 47.0 cm³/mol. The van der Waals surface area contributed by atoms with Gasteiger partial charge in [0.1, 0.15) is 5.75 Å². The maximum atomic E-state index is 9.62. The number of rotatable bonds is 3. The van der Waals surface area contributed by atoms with Crippen LogP contribution in [0.2, 0.25) is 0 Å². The van der Waals surface area contributed by atoms with Gasteiger partial charge in [-0.3, -0.25) is 0 Å². The van der Waals surface area contributed by atoms with E-state index in [9.17, 15) is 5.11 Å². The van der Waals surface area contributed by atoms with E-state index >= 15 is 0 Å². The highest BCUT2D eigenvalue weighted by Gasteiger charge is 2.05. The van der Waals surface area contributed by atoms with E-state index < -0.39 is 12.6 Å². The van der Waals surface area contributed by atoms with Crippen LogP contribution in [0.4, 0.5) is 0 Å². The molecule has 0 aliphatic carbocycles. The first kappa shape index (κ1) is 6.46. The fourth-order valence-corrected chi connectivity index (χ4v) is 0.915. The van der Waals surface area contributed by atoms with Crippen LogP contribution in [-0.4, -0.2) is 23.8 Å². The van der Waals surface area contributed by atoms with E-state index in [0.29, 0.717) is 5.56 Å². The Hall–Kier alpha value is -1.06. The summed E-state index contributed by atoms with van der Waals surface area (Å²) in [5.41, 5.74) is 0.337. The minimum absolute atomic E-state index is 0.00783. The number of phenolic OH excluding ortho intramolecular Hbond substituents is 1. The Kier molecular flexibility index (Phi) is 2.20. The second-order valence-corrected chi connectivity index (χ2v) is 2.39. The Balaban J connectivity index is 2.94. The minimum atomic E-state index is -1.91. The Labute approximate surface area is 74.5 Å². The van der Waals surface area contributed by atoms with Crippen molar-refractivity contribution in [3.63, 3.8) is 0 Å². The fraction of sp³-hybridized carbons (Fsp3) is 0.333. The van der Waals surface area contributed by atoms with Gasteiger partial charge >= 0.3 is 0 Å². The van der Waals surface area contributed by atoms with Gasteiger partial charge in [-0.15, -0.1) is 0 Å². The molecule has 1 aromatic carbocycles. The fourth-order valence-electron chi connectivity index (χ4n) is 0.915. The maximum absolute atomic E-state index is 9.62. The van der Waals surface area contributed by atoms with Gasteiger partial charge in [0.2, 0.25) is 0 Å². The molecule has 1 atom stereocenters. The number of hydrogen-bond acceptors (Lipinski definition) is 3. The van der Waals surface area contributed by atoms with Crippen molar-refractivity contribution >= 4 is 0 Å². The SMILES string of the molecule is [2H]C([2H])(N[11CH3])[C@H](O)c1cccc(O)c1. The summed E-state index contributed by atoms with van der Waals surface area (Å²) >= 11 is 0. The maximum Gasteiger partial charge on any atom is 0.115 e. The molecule has 0 unspecified atom stereocenters. The van der Waals surface area contributed by atoms with Crippen molar-refractivity contribution in [3.8, 4) is 5.75 Å². The summed E-state index contributed by atoms with van der Waals surface area (Å²) < 4.78 is 14.8. The second-order valence-electron chi connectivity index (χ2n) is 2.39. The number of aromatic hydroxyl groups is 1. The molecule has 0 heterocycles. The summed E-state index contributed by atoms with van der Waals surface area (Å²) in [5.74, 6) is 0.00783. The largest absolute Gasteiger partial charge is 0.508 e. The standard InChI is InChI=1S/C9H13NO2/c1-10-6-9(12)7-3-2-4-8(11)5-7/h2-5,9-12H,6H2,1H3/t9-/m0/s1/i1-1,6D2. The second kappa shape index (κ2) is 4.09. The van der Waals surface area contributed by atoms with Gasteiger partial charge in [-0.1, -0.05) is 12.1 Å². The lowest BCUT2D eigenvalue weighted by Crippen LogP contribution is -2.16. The summed E-state index contributed by atoms with van der Waals surface area (Å²) in [6, 6.07) is 5.91. The smallest absolute Gasteiger partial charge is 0.115 e. The third-order valence-electron chi connectivity index (χ3n) is 1.47. The molecule has 3 nitrogen and oxygen atoms in total. The lowest BCUT2D eigenvalue weighted by molar-refractivity contribution is 0.177. The average molecular weight is 168 g/mol. The molecule has 0 fully saturated rings. The van der Waals surface area contributed by atoms with Crippen molar-refractivity contribution in [2.75, 3.05) is 13.5 Å². The van der Waals surface area contributed by atoms with E-state index in [0.717, 1.165) is 0 Å². The van der Waals surface area contributed by atoms with Crippen LogP contribution < -0.4 is 5.32 Å². The number of aliphatic hydroxyl groups is 1. The molecular formula is C9H13NO2. The molecule has 1 rings (SSSR count). The highest BCUT2D eigenvalue weighted by atomic mass is 16.3. The molecule has 0 bridgehead atoms. The van der Waals surface area contributed by atoms with Crippen LogP contribution in [0.15, 0.2) is 24.3 Å². The number of phenols is 1. The van der Waals surface area contributed by atoms with E-state index in [4.69, 9.17) is 7.85 Å². The van der Waals surface area contributed by atoms with Crippen molar-refractivity contribution in [3.05, 3.63) is 29.8 Å². The molecule has 12 heavy (non-hydrogen) atoms. The van der Waals surface area contributed by atoms with Gasteiger partial charge in [0, 0.05) is 9.24 Å². The van der Waals surface area contributed by atoms with Gasteiger partial charge in [0.05, 0.1) is 6.10 Å². The molecule has 66 valence electrons. The quantitative estimate of drug-likeness (QED) is 0.621. The van der Waals surface area contributed by atoms with E-state index in [1.807, 2.05) is 0 Å². The van der Waals surface area contributed by atoms with Crippen molar-refractivity contribution in [1.29, 1.82) is 0 Å². The van der Waals surface area contributed by atoms with Crippen LogP contribution in [0.1, 0.15) is 14.4 Å². The summed E-state index contributed by atoms with van der Waals surface area (Å²) in [5, 5.41) is 21.1. The highest BCUT2D eigenvalue weighted by Crippen LogP contribution is 2.17. The van der Waals surface area contributed by atoms with E-state index in [1.54, 1.807) is 12.1 Å². The molecule has 0 saturated heterocycles. The van der Waals surface area contributed by atoms with Gasteiger partial charge < -0.3 is 15.5 Å². The van der Waals surface area contributed by atoms with E-state index in [-0.39, 0.29) is 5.75 Å². The molecule has 0 radical (unpaired) electrons. The topological polar surface area (TPSA) is 52.5 Å². The van der Waals surface area contributed by atoms with Crippen LogP contribution in [0.5, 0.6) is 5.75 Å². The highest BCUT2D eigenvalue weighted by molar-refractivity contribution is 5.28. The number of aliphatic hydroxyl groups excluding tert-OH is 1. The minimum Gasteiger partial charge on any atom is -0.508 e. The molecule has 0 aliphatic heterocycles. The summed E-state index contributed by atoms with van der Waals surface area (Å²) in [6.07, 6.45) is -1.31. The third-order valence-corrected chi connectivity index (χ3v) is 1.47. The normalized spacial score (nSPS) is 16.5. The summed E-state index contributed by atoms with van der Waals surface area (Å²) in [7, 11) is 1.42. The van der Waals surface area contributed by atoms with Crippen molar-refractivity contribution in [2.45, 2.75) is 6.10 Å². The van der Waals surface area contributed by atoms with Crippen LogP contribution in [0, 0.1) is 0 Å². The lowest BCUT2D eigenvalue weighted by Gasteiger charge is -2.09. The molecule has 0 saturated carbocycles. The first-order chi connectivity index (χ1) is 6.47. The Morgan fingerprint density at radius 3 is 3.00 bits per heavy atom. The molecule has 0 aromatic heterocycles. The molecule has 0 amide bonds. The number of benzene rings is 1. The summed E-state index contributed by atoms with van der Waals surface area (Å²) in [6.45, 7) is -1.91. The average Bonchev–Trinajstić information content (AvgIpc) is 2.16. The van der Waals surface area contributed by atoms with Gasteiger partial charge in [-0.05, 0) is 24.7 Å². The Bertz CT molecular complexity index is 317. The molecular weight excluding hydrogens is 153 g/mol. The van der Waals surface area contributed by atoms with E-state index in [1.165, 1.54) is 19.2 Å². The Morgan fingerprint density at radius 1 is 1.67 bits per heavy atom. The van der Waals surface area contributed by atoms with Gasteiger partial charge in [-0.2, -0.15) is 0 Å². The van der Waals surface area contributed by atoms with Crippen LogP contribution >= 0.6 is 0 Å². The third kappa shape index (κ3) is 2.22. The first-order valence-electron chi connectivity index (χ1n) is 4.63. The van der Waals surface area contributed by atoms with Crippen LogP contribution in [-0.2, 0) is 0 Å². The molecule has 1 aromatic rings. The van der Waals surface area contributed by atoms with Crippen molar-refractivity contribution in [2.24, 2.45) is 0 Å². The van der Waals surface area contributed by atoms with Gasteiger partial charge in [0.15, 0.2) is 0 Å². The molecule has 3 N–H and O–H groups in total. The van der Waals surface area contributed by atoms with Gasteiger partial charge in [0.25, 0.3) is 0 Å².